The van der Waals surface area contributed by atoms with Gasteiger partial charge in [0.2, 0.25) is 0 Å². The Balaban J connectivity index is 1.61. The lowest BCUT2D eigenvalue weighted by atomic mass is 10.1. The Kier molecular flexibility index (Phi) is 5.82. The van der Waals surface area contributed by atoms with Crippen LogP contribution in [0.1, 0.15) is 36.7 Å². The lowest BCUT2D eigenvalue weighted by Crippen LogP contribution is -2.19. The van der Waals surface area contributed by atoms with Gasteiger partial charge in [-0.25, -0.2) is 13.1 Å². The van der Waals surface area contributed by atoms with Crippen molar-refractivity contribution in [2.45, 2.75) is 32.4 Å². The van der Waals surface area contributed by atoms with Crippen LogP contribution in [0.2, 0.25) is 0 Å². The third kappa shape index (κ3) is 4.96. The predicted octanol–water partition coefficient (Wildman–Crippen LogP) is 3.95. The molecule has 1 unspecified atom stereocenters. The van der Waals surface area contributed by atoms with Gasteiger partial charge in [0, 0.05) is 17.2 Å². The number of hydrogen-bond acceptors (Lipinski definition) is 5. The van der Waals surface area contributed by atoms with E-state index in [0.29, 0.717) is 29.2 Å². The molecule has 0 spiro atoms. The molecule has 0 bridgehead atoms. The van der Waals surface area contributed by atoms with Crippen molar-refractivity contribution in [2.75, 3.05) is 16.8 Å². The summed E-state index contributed by atoms with van der Waals surface area (Å²) in [5, 5.41) is 7.55. The average molecular weight is 440 g/mol. The second kappa shape index (κ2) is 8.55. The van der Waals surface area contributed by atoms with E-state index in [-0.39, 0.29) is 29.6 Å². The summed E-state index contributed by atoms with van der Waals surface area (Å²) in [5.41, 5.74) is 2.05. The first-order valence-corrected chi connectivity index (χ1v) is 12.1. The number of nitrogens with one attached hydrogen (secondary N) is 1. The highest BCUT2D eigenvalue weighted by Crippen LogP contribution is 2.30. The molecule has 1 atom stereocenters. The van der Waals surface area contributed by atoms with Crippen molar-refractivity contribution in [1.29, 1.82) is 0 Å². The molecular formula is C23H25N3O4S. The van der Waals surface area contributed by atoms with Crippen molar-refractivity contribution in [3.8, 4) is 17.0 Å². The number of benzene rings is 2. The second-order valence-electron chi connectivity index (χ2n) is 7.93. The highest BCUT2D eigenvalue weighted by Gasteiger charge is 2.31. The summed E-state index contributed by atoms with van der Waals surface area (Å²) in [5.74, 6) is 1.03. The fourth-order valence-electron chi connectivity index (χ4n) is 3.63. The maximum Gasteiger partial charge on any atom is 0.256 e. The Labute approximate surface area is 182 Å². The molecule has 8 heteroatoms. The van der Waals surface area contributed by atoms with Crippen LogP contribution in [0.25, 0.3) is 11.3 Å². The maximum atomic E-state index is 12.9. The van der Waals surface area contributed by atoms with E-state index in [4.69, 9.17) is 4.74 Å². The van der Waals surface area contributed by atoms with Gasteiger partial charge in [-0.15, -0.1) is 0 Å². The molecule has 4 rings (SSSR count). The Morgan fingerprint density at radius 1 is 1.13 bits per heavy atom. The number of ether oxygens (including phenoxy) is 1. The molecule has 1 aliphatic heterocycles. The topological polar surface area (TPSA) is 90.3 Å². The molecule has 1 N–H and O–H groups in total. The van der Waals surface area contributed by atoms with Crippen molar-refractivity contribution in [2.24, 2.45) is 0 Å². The number of amides is 1. The minimum atomic E-state index is -3.10. The molecule has 1 amide bonds. The number of anilines is 1. The van der Waals surface area contributed by atoms with Crippen LogP contribution in [-0.2, 0) is 9.84 Å². The van der Waals surface area contributed by atoms with E-state index in [1.807, 2.05) is 44.2 Å². The highest BCUT2D eigenvalue weighted by atomic mass is 32.2. The predicted molar refractivity (Wildman–Crippen MR) is 120 cm³/mol. The number of rotatable bonds is 6. The van der Waals surface area contributed by atoms with Gasteiger partial charge in [-0.3, -0.25) is 4.79 Å². The van der Waals surface area contributed by atoms with Gasteiger partial charge in [0.25, 0.3) is 5.91 Å². The average Bonchev–Trinajstić information content (AvgIpc) is 3.31. The number of hydrogen-bond donors (Lipinski definition) is 1. The molecule has 2 heterocycles. The second-order valence-corrected chi connectivity index (χ2v) is 10.2. The van der Waals surface area contributed by atoms with Crippen LogP contribution in [-0.4, -0.2) is 41.7 Å². The number of carbonyl (C=O) groups is 1. The fourth-order valence-corrected chi connectivity index (χ4v) is 5.32. The van der Waals surface area contributed by atoms with Gasteiger partial charge >= 0.3 is 0 Å². The molecule has 3 aromatic rings. The normalized spacial score (nSPS) is 17.6. The minimum absolute atomic E-state index is 0.0209. The van der Waals surface area contributed by atoms with Crippen molar-refractivity contribution in [1.82, 2.24) is 9.78 Å². The van der Waals surface area contributed by atoms with E-state index in [1.165, 1.54) is 0 Å². The first-order valence-electron chi connectivity index (χ1n) is 10.2. The first kappa shape index (κ1) is 21.1. The van der Waals surface area contributed by atoms with Gasteiger partial charge in [0.1, 0.15) is 11.6 Å². The third-order valence-electron chi connectivity index (χ3n) is 5.09. The molecular weight excluding hydrogens is 414 g/mol. The van der Waals surface area contributed by atoms with E-state index in [0.717, 1.165) is 5.56 Å². The van der Waals surface area contributed by atoms with Gasteiger partial charge in [0.15, 0.2) is 9.84 Å². The summed E-state index contributed by atoms with van der Waals surface area (Å²) < 4.78 is 31.3. The summed E-state index contributed by atoms with van der Waals surface area (Å²) in [6.45, 7) is 3.88. The van der Waals surface area contributed by atoms with Crippen molar-refractivity contribution in [3.05, 3.63) is 66.2 Å². The molecule has 0 aliphatic carbocycles. The van der Waals surface area contributed by atoms with Crippen LogP contribution in [0, 0.1) is 0 Å². The summed E-state index contributed by atoms with van der Waals surface area (Å²) in [6.07, 6.45) is 0.524. The van der Waals surface area contributed by atoms with Crippen molar-refractivity contribution >= 4 is 21.6 Å². The summed E-state index contributed by atoms with van der Waals surface area (Å²) in [7, 11) is -3.10. The zero-order valence-electron chi connectivity index (χ0n) is 17.5. The molecule has 0 saturated carbocycles. The molecule has 162 valence electrons. The van der Waals surface area contributed by atoms with Gasteiger partial charge < -0.3 is 10.1 Å². The smallest absolute Gasteiger partial charge is 0.256 e. The number of carbonyl (C=O) groups excluding carboxylic acids is 1. The summed E-state index contributed by atoms with van der Waals surface area (Å²) >= 11 is 0. The van der Waals surface area contributed by atoms with Gasteiger partial charge in [0.05, 0.1) is 29.3 Å². The monoisotopic (exact) mass is 439 g/mol. The van der Waals surface area contributed by atoms with Gasteiger partial charge in [-0.1, -0.05) is 30.3 Å². The SMILES string of the molecule is CC(C)Oc1ccc(C(=O)Nc2cc(-c3ccccc3)nn2C2CCS(=O)(=O)C2)cc1. The highest BCUT2D eigenvalue weighted by molar-refractivity contribution is 7.91. The summed E-state index contributed by atoms with van der Waals surface area (Å²) in [6, 6.07) is 18.0. The van der Waals surface area contributed by atoms with Crippen molar-refractivity contribution < 1.29 is 17.9 Å². The molecule has 31 heavy (non-hydrogen) atoms. The van der Waals surface area contributed by atoms with Crippen LogP contribution < -0.4 is 10.1 Å². The Bertz CT molecular complexity index is 1170. The van der Waals surface area contributed by atoms with E-state index in [9.17, 15) is 13.2 Å². The molecule has 1 aromatic heterocycles. The van der Waals surface area contributed by atoms with E-state index >= 15 is 0 Å². The van der Waals surface area contributed by atoms with E-state index < -0.39 is 9.84 Å². The van der Waals surface area contributed by atoms with Gasteiger partial charge in [-0.2, -0.15) is 5.10 Å². The Morgan fingerprint density at radius 3 is 2.45 bits per heavy atom. The zero-order valence-corrected chi connectivity index (χ0v) is 18.3. The molecule has 1 fully saturated rings. The molecule has 0 radical (unpaired) electrons. The first-order chi connectivity index (χ1) is 14.8. The third-order valence-corrected chi connectivity index (χ3v) is 6.84. The number of sulfone groups is 1. The maximum absolute atomic E-state index is 12.9. The molecule has 7 nitrogen and oxygen atoms in total. The van der Waals surface area contributed by atoms with E-state index in [2.05, 4.69) is 10.4 Å². The zero-order chi connectivity index (χ0) is 22.0. The lowest BCUT2D eigenvalue weighted by Gasteiger charge is -2.14. The largest absolute Gasteiger partial charge is 0.491 e. The fraction of sp³-hybridized carbons (Fsp3) is 0.304. The van der Waals surface area contributed by atoms with E-state index in [1.54, 1.807) is 35.0 Å². The van der Waals surface area contributed by atoms with Crippen LogP contribution >= 0.6 is 0 Å². The summed E-state index contributed by atoms with van der Waals surface area (Å²) in [4.78, 5) is 12.9. The Morgan fingerprint density at radius 2 is 1.84 bits per heavy atom. The lowest BCUT2D eigenvalue weighted by molar-refractivity contribution is 0.102. The number of aromatic nitrogens is 2. The van der Waals surface area contributed by atoms with Crippen LogP contribution in [0.5, 0.6) is 5.75 Å². The standard InChI is InChI=1S/C23H25N3O4S/c1-16(2)30-20-10-8-18(9-11-20)23(27)24-22-14-21(17-6-4-3-5-7-17)25-26(22)19-12-13-31(28,29)15-19/h3-11,14,16,19H,12-13,15H2,1-2H3,(H,24,27). The van der Waals surface area contributed by atoms with Crippen LogP contribution in [0.3, 0.4) is 0 Å². The molecule has 1 aliphatic rings. The Hall–Kier alpha value is -3.13. The van der Waals surface area contributed by atoms with Crippen LogP contribution in [0.4, 0.5) is 5.82 Å². The van der Waals surface area contributed by atoms with Crippen molar-refractivity contribution in [3.63, 3.8) is 0 Å². The van der Waals surface area contributed by atoms with Crippen LogP contribution in [0.15, 0.2) is 60.7 Å². The number of nitrogens with zero attached hydrogens (tertiary/aromatic N) is 2. The molecule has 2 aromatic carbocycles. The quantitative estimate of drug-likeness (QED) is 0.628. The minimum Gasteiger partial charge on any atom is -0.491 e. The van der Waals surface area contributed by atoms with Gasteiger partial charge in [-0.05, 0) is 44.5 Å². The molecule has 1 saturated heterocycles.